The molecule has 0 aromatic heterocycles. The van der Waals surface area contributed by atoms with Crippen molar-refractivity contribution in [2.75, 3.05) is 47.4 Å². The van der Waals surface area contributed by atoms with Gasteiger partial charge in [-0.1, -0.05) is 0 Å². The molecule has 0 unspecified atom stereocenters. The highest BCUT2D eigenvalue weighted by atomic mass is 16.7. The van der Waals surface area contributed by atoms with Crippen LogP contribution < -0.4 is 0 Å². The Balaban J connectivity index is 1.92. The molecular formula is C12H17N5O5. The number of oxime groups is 1. The fourth-order valence-electron chi connectivity index (χ4n) is 2.71. The van der Waals surface area contributed by atoms with Gasteiger partial charge in [-0.3, -0.25) is 24.3 Å². The molecule has 120 valence electrons. The second kappa shape index (κ2) is 4.83. The number of barbiturate groups is 1. The van der Waals surface area contributed by atoms with Crippen molar-refractivity contribution < 1.29 is 24.0 Å². The minimum absolute atomic E-state index is 0.376. The van der Waals surface area contributed by atoms with Crippen LogP contribution in [0.3, 0.4) is 0 Å². The summed E-state index contributed by atoms with van der Waals surface area (Å²) in [6, 6.07) is -0.697. The number of amides is 4. The lowest BCUT2D eigenvalue weighted by Crippen LogP contribution is -2.73. The van der Waals surface area contributed by atoms with Crippen molar-refractivity contribution in [3.63, 3.8) is 0 Å². The summed E-state index contributed by atoms with van der Waals surface area (Å²) in [6.45, 7) is 2.21. The molecule has 0 aromatic carbocycles. The normalized spacial score (nSPS) is 25.0. The number of morpholine rings is 1. The summed E-state index contributed by atoms with van der Waals surface area (Å²) in [5.41, 5.74) is -1.95. The number of nitrogens with zero attached hydrogens (tertiary/aromatic N) is 5. The first-order valence-corrected chi connectivity index (χ1v) is 6.84. The Morgan fingerprint density at radius 1 is 1.00 bits per heavy atom. The van der Waals surface area contributed by atoms with Gasteiger partial charge in [-0.15, -0.1) is 0 Å². The maximum absolute atomic E-state index is 12.5. The average molecular weight is 311 g/mol. The van der Waals surface area contributed by atoms with Gasteiger partial charge in [0.05, 0.1) is 13.2 Å². The first-order valence-electron chi connectivity index (χ1n) is 6.84. The third-order valence-electron chi connectivity index (χ3n) is 4.09. The van der Waals surface area contributed by atoms with E-state index in [4.69, 9.17) is 9.57 Å². The molecular weight excluding hydrogens is 294 g/mol. The molecule has 10 heteroatoms. The summed E-state index contributed by atoms with van der Waals surface area (Å²) in [7, 11) is 4.16. The van der Waals surface area contributed by atoms with Crippen LogP contribution >= 0.6 is 0 Å². The lowest BCUT2D eigenvalue weighted by Gasteiger charge is -2.41. The number of likely N-dealkylation sites (N-methyl/N-ethyl adjacent to an activating group) is 3. The lowest BCUT2D eigenvalue weighted by molar-refractivity contribution is -0.186. The smallest absolute Gasteiger partial charge is 0.370 e. The van der Waals surface area contributed by atoms with Crippen LogP contribution in [0.2, 0.25) is 0 Å². The Hall–Kier alpha value is -2.36. The highest BCUT2D eigenvalue weighted by molar-refractivity contribution is 6.22. The van der Waals surface area contributed by atoms with E-state index in [0.717, 1.165) is 9.80 Å². The lowest BCUT2D eigenvalue weighted by atomic mass is 10.1. The Morgan fingerprint density at radius 2 is 1.55 bits per heavy atom. The Bertz CT molecular complexity index is 546. The molecule has 0 bridgehead atoms. The van der Waals surface area contributed by atoms with E-state index in [1.54, 1.807) is 7.05 Å². The molecule has 0 atom stereocenters. The number of rotatable bonds is 0. The van der Waals surface area contributed by atoms with Crippen molar-refractivity contribution in [1.82, 2.24) is 19.6 Å². The molecule has 2 saturated heterocycles. The zero-order valence-electron chi connectivity index (χ0n) is 12.6. The summed E-state index contributed by atoms with van der Waals surface area (Å²) in [4.78, 5) is 47.1. The number of carbonyl (C=O) groups excluding carboxylic acids is 3. The van der Waals surface area contributed by atoms with Crippen LogP contribution in [0.25, 0.3) is 0 Å². The molecule has 0 aliphatic carbocycles. The predicted octanol–water partition coefficient (Wildman–Crippen LogP) is -1.70. The van der Waals surface area contributed by atoms with Crippen molar-refractivity contribution in [2.45, 2.75) is 5.72 Å². The zero-order chi connectivity index (χ0) is 16.1. The van der Waals surface area contributed by atoms with Crippen molar-refractivity contribution in [1.29, 1.82) is 0 Å². The maximum Gasteiger partial charge on any atom is 0.370 e. The zero-order valence-corrected chi connectivity index (χ0v) is 12.6. The highest BCUT2D eigenvalue weighted by Crippen LogP contribution is 2.32. The number of carbonyl (C=O) groups is 3. The van der Waals surface area contributed by atoms with E-state index in [2.05, 4.69) is 5.16 Å². The second-order valence-electron chi connectivity index (χ2n) is 5.30. The molecule has 3 aliphatic heterocycles. The van der Waals surface area contributed by atoms with Gasteiger partial charge in [0, 0.05) is 34.2 Å². The Kier molecular flexibility index (Phi) is 3.20. The van der Waals surface area contributed by atoms with Crippen LogP contribution in [0.5, 0.6) is 0 Å². The van der Waals surface area contributed by atoms with Gasteiger partial charge < -0.3 is 14.5 Å². The Morgan fingerprint density at radius 3 is 2.09 bits per heavy atom. The standard InChI is InChI=1S/C12H17N5O5/c1-14-8(18)12(9(19)15(2)11(14)20)16(3)10(13-22-12)17-4-6-21-7-5-17/h4-7H2,1-3H3. The molecule has 2 fully saturated rings. The molecule has 3 heterocycles. The van der Waals surface area contributed by atoms with E-state index < -0.39 is 23.6 Å². The summed E-state index contributed by atoms with van der Waals surface area (Å²) in [6.07, 6.45) is 0. The minimum Gasteiger partial charge on any atom is -0.378 e. The molecule has 4 amide bonds. The van der Waals surface area contributed by atoms with E-state index in [-0.39, 0.29) is 0 Å². The van der Waals surface area contributed by atoms with E-state index in [1.807, 2.05) is 4.90 Å². The number of urea groups is 1. The number of hydrogen-bond acceptors (Lipinski definition) is 8. The molecule has 0 N–H and O–H groups in total. The van der Waals surface area contributed by atoms with Crippen molar-refractivity contribution in [3.05, 3.63) is 0 Å². The van der Waals surface area contributed by atoms with Crippen LogP contribution in [-0.2, 0) is 19.2 Å². The highest BCUT2D eigenvalue weighted by Gasteiger charge is 2.65. The van der Waals surface area contributed by atoms with Crippen LogP contribution in [0.1, 0.15) is 0 Å². The summed E-state index contributed by atoms with van der Waals surface area (Å²) in [5.74, 6) is -1.13. The number of hydrogen-bond donors (Lipinski definition) is 0. The van der Waals surface area contributed by atoms with Gasteiger partial charge in [0.15, 0.2) is 0 Å². The van der Waals surface area contributed by atoms with Crippen molar-refractivity contribution in [3.8, 4) is 0 Å². The van der Waals surface area contributed by atoms with E-state index in [0.29, 0.717) is 32.3 Å². The summed E-state index contributed by atoms with van der Waals surface area (Å²) in [5, 5.41) is 3.92. The van der Waals surface area contributed by atoms with Gasteiger partial charge in [-0.2, -0.15) is 0 Å². The van der Waals surface area contributed by atoms with E-state index in [9.17, 15) is 14.4 Å². The number of imide groups is 2. The predicted molar refractivity (Wildman–Crippen MR) is 72.3 cm³/mol. The fraction of sp³-hybridized carbons (Fsp3) is 0.667. The fourth-order valence-corrected chi connectivity index (χ4v) is 2.71. The van der Waals surface area contributed by atoms with Crippen LogP contribution in [0, 0.1) is 0 Å². The molecule has 3 aliphatic rings. The van der Waals surface area contributed by atoms with Gasteiger partial charge in [0.1, 0.15) is 0 Å². The summed E-state index contributed by atoms with van der Waals surface area (Å²) >= 11 is 0. The quantitative estimate of drug-likeness (QED) is 0.492. The maximum atomic E-state index is 12.5. The van der Waals surface area contributed by atoms with Crippen molar-refractivity contribution in [2.24, 2.45) is 5.16 Å². The van der Waals surface area contributed by atoms with Gasteiger partial charge in [-0.25, -0.2) is 4.79 Å². The first-order chi connectivity index (χ1) is 10.4. The molecule has 10 nitrogen and oxygen atoms in total. The SMILES string of the molecule is CN1C(=O)N(C)C(=O)C2(ON=C(N3CCOCC3)N2C)C1=O. The molecule has 3 rings (SSSR count). The second-order valence-corrected chi connectivity index (χ2v) is 5.30. The van der Waals surface area contributed by atoms with E-state index in [1.165, 1.54) is 19.0 Å². The van der Waals surface area contributed by atoms with Crippen LogP contribution in [-0.4, -0.2) is 96.6 Å². The molecule has 0 aromatic rings. The van der Waals surface area contributed by atoms with Gasteiger partial charge in [0.2, 0.25) is 5.96 Å². The molecule has 1 spiro atoms. The van der Waals surface area contributed by atoms with Gasteiger partial charge in [-0.05, 0) is 5.16 Å². The van der Waals surface area contributed by atoms with Gasteiger partial charge in [0.25, 0.3) is 0 Å². The third-order valence-corrected chi connectivity index (χ3v) is 4.09. The molecule has 0 saturated carbocycles. The van der Waals surface area contributed by atoms with Crippen molar-refractivity contribution >= 4 is 23.8 Å². The third kappa shape index (κ3) is 1.70. The largest absolute Gasteiger partial charge is 0.378 e. The number of ether oxygens (including phenoxy) is 1. The van der Waals surface area contributed by atoms with Gasteiger partial charge >= 0.3 is 23.6 Å². The average Bonchev–Trinajstić information content (AvgIpc) is 2.89. The summed E-state index contributed by atoms with van der Waals surface area (Å²) < 4.78 is 5.27. The van der Waals surface area contributed by atoms with Crippen LogP contribution in [0.4, 0.5) is 4.79 Å². The van der Waals surface area contributed by atoms with Crippen LogP contribution in [0.15, 0.2) is 5.16 Å². The topological polar surface area (TPSA) is 95.0 Å². The molecule has 0 radical (unpaired) electrons. The van der Waals surface area contributed by atoms with E-state index >= 15 is 0 Å². The Labute approximate surface area is 126 Å². The number of guanidine groups is 1. The first kappa shape index (κ1) is 14.6. The minimum atomic E-state index is -1.95. The monoisotopic (exact) mass is 311 g/mol. The molecule has 22 heavy (non-hydrogen) atoms.